The first-order valence-corrected chi connectivity index (χ1v) is 12.8. The van der Waals surface area contributed by atoms with Gasteiger partial charge in [0.05, 0.1) is 17.9 Å². The zero-order chi connectivity index (χ0) is 24.0. The first-order chi connectivity index (χ1) is 17.2. The topological polar surface area (TPSA) is 66.0 Å². The van der Waals surface area contributed by atoms with Crippen molar-refractivity contribution in [2.45, 2.75) is 41.8 Å². The van der Waals surface area contributed by atoms with Crippen LogP contribution in [0.25, 0.3) is 0 Å². The van der Waals surface area contributed by atoms with Crippen LogP contribution >= 0.6 is 11.8 Å². The van der Waals surface area contributed by atoms with Crippen LogP contribution in [0.2, 0.25) is 0 Å². The molecule has 2 aliphatic heterocycles. The van der Waals surface area contributed by atoms with Gasteiger partial charge in [-0.15, -0.1) is 11.8 Å². The maximum Gasteiger partial charge on any atom is 0.251 e. The van der Waals surface area contributed by atoms with Crippen molar-refractivity contribution in [1.82, 2.24) is 5.32 Å². The molecule has 1 N–H and O–H groups in total. The van der Waals surface area contributed by atoms with Crippen molar-refractivity contribution in [3.05, 3.63) is 108 Å². The average molecular weight is 492 g/mol. The van der Waals surface area contributed by atoms with Crippen LogP contribution < -0.4 is 5.32 Å². The summed E-state index contributed by atoms with van der Waals surface area (Å²) in [4.78, 5) is 13.1. The van der Waals surface area contributed by atoms with Crippen molar-refractivity contribution in [3.8, 4) is 0 Å². The number of hydrogen-bond acceptors (Lipinski definition) is 6. The van der Waals surface area contributed by atoms with E-state index in [1.165, 1.54) is 5.56 Å². The third-order valence-electron chi connectivity index (χ3n) is 6.26. The maximum absolute atomic E-state index is 13.1. The molecule has 5 rings (SSSR count). The molecule has 1 amide bonds. The molecule has 2 saturated heterocycles. The Balaban J connectivity index is 1.42. The lowest BCUT2D eigenvalue weighted by molar-refractivity contribution is -0.316. The third-order valence-corrected chi connectivity index (χ3v) is 7.71. The standard InChI is InChI=1S/C28H29NO5S/c1-31-28-23(29-26(30)20-13-7-3-8-14-20)25(35-18-19-11-5-2-6-12-19)24-22(33-28)17-32-27(34-24)21-15-9-4-10-16-21/h2-16,22-25,27-28H,17-18H2,1H3,(H,29,30)/t22-,23-,24-,25+,27-,28-/m0/s1. The molecule has 0 radical (unpaired) electrons. The number of rotatable bonds is 7. The van der Waals surface area contributed by atoms with Gasteiger partial charge in [0.2, 0.25) is 0 Å². The highest BCUT2D eigenvalue weighted by Gasteiger charge is 2.50. The molecule has 0 aliphatic carbocycles. The SMILES string of the molecule is CO[C@H]1O[C@H]2CO[C@H](c3ccccc3)O[C@@H]2[C@H](SCc2ccccc2)[C@@H]1NC(=O)c1ccccc1. The Labute approximate surface area is 209 Å². The van der Waals surface area contributed by atoms with Crippen LogP contribution in [-0.4, -0.2) is 49.4 Å². The number of carbonyl (C=O) groups is 1. The third kappa shape index (κ3) is 5.60. The molecular weight excluding hydrogens is 462 g/mol. The minimum atomic E-state index is -0.627. The number of ether oxygens (including phenoxy) is 4. The number of carbonyl (C=O) groups excluding carboxylic acids is 1. The summed E-state index contributed by atoms with van der Waals surface area (Å²) >= 11 is 1.74. The van der Waals surface area contributed by atoms with Crippen LogP contribution in [0.3, 0.4) is 0 Å². The van der Waals surface area contributed by atoms with Crippen molar-refractivity contribution < 1.29 is 23.7 Å². The van der Waals surface area contributed by atoms with E-state index in [1.807, 2.05) is 66.7 Å². The number of nitrogens with one attached hydrogen (secondary N) is 1. The summed E-state index contributed by atoms with van der Waals surface area (Å²) in [5.41, 5.74) is 2.75. The van der Waals surface area contributed by atoms with Gasteiger partial charge < -0.3 is 24.3 Å². The summed E-state index contributed by atoms with van der Waals surface area (Å²) in [6, 6.07) is 28.9. The van der Waals surface area contributed by atoms with Crippen molar-refractivity contribution >= 4 is 17.7 Å². The van der Waals surface area contributed by atoms with E-state index < -0.39 is 18.6 Å². The molecule has 0 spiro atoms. The van der Waals surface area contributed by atoms with Gasteiger partial charge in [-0.2, -0.15) is 0 Å². The Morgan fingerprint density at radius 1 is 0.943 bits per heavy atom. The number of hydrogen-bond donors (Lipinski definition) is 1. The van der Waals surface area contributed by atoms with Crippen LogP contribution in [0.15, 0.2) is 91.0 Å². The Bertz CT molecular complexity index is 1080. The highest BCUT2D eigenvalue weighted by Crippen LogP contribution is 2.40. The van der Waals surface area contributed by atoms with Crippen LogP contribution in [0.5, 0.6) is 0 Å². The predicted octanol–water partition coefficient (Wildman–Crippen LogP) is 4.57. The molecule has 2 aliphatic rings. The van der Waals surface area contributed by atoms with Crippen LogP contribution in [0.1, 0.15) is 27.8 Å². The number of amides is 1. The Kier molecular flexibility index (Phi) is 7.81. The van der Waals surface area contributed by atoms with Gasteiger partial charge in [-0.05, 0) is 17.7 Å². The summed E-state index contributed by atoms with van der Waals surface area (Å²) in [6.45, 7) is 0.381. The molecule has 0 aromatic heterocycles. The van der Waals surface area contributed by atoms with E-state index >= 15 is 0 Å². The van der Waals surface area contributed by atoms with E-state index in [4.69, 9.17) is 18.9 Å². The van der Waals surface area contributed by atoms with Gasteiger partial charge in [0, 0.05) is 24.0 Å². The fourth-order valence-electron chi connectivity index (χ4n) is 4.50. The first-order valence-electron chi connectivity index (χ1n) is 11.7. The Morgan fingerprint density at radius 2 is 1.60 bits per heavy atom. The van der Waals surface area contributed by atoms with E-state index in [9.17, 15) is 4.79 Å². The zero-order valence-electron chi connectivity index (χ0n) is 19.5. The molecule has 6 nitrogen and oxygen atoms in total. The molecule has 0 unspecified atom stereocenters. The van der Waals surface area contributed by atoms with E-state index in [0.29, 0.717) is 12.2 Å². The summed E-state index contributed by atoms with van der Waals surface area (Å²) in [7, 11) is 1.60. The lowest BCUT2D eigenvalue weighted by atomic mass is 9.98. The van der Waals surface area contributed by atoms with Crippen LogP contribution in [0, 0.1) is 0 Å². The van der Waals surface area contributed by atoms with Crippen LogP contribution in [-0.2, 0) is 24.7 Å². The highest BCUT2D eigenvalue weighted by molar-refractivity contribution is 7.99. The molecule has 0 bridgehead atoms. The van der Waals surface area contributed by atoms with Crippen molar-refractivity contribution in [2.75, 3.05) is 13.7 Å². The molecular formula is C28H29NO5S. The lowest BCUT2D eigenvalue weighted by Crippen LogP contribution is -2.65. The van der Waals surface area contributed by atoms with Gasteiger partial charge in [0.1, 0.15) is 12.2 Å². The summed E-state index contributed by atoms with van der Waals surface area (Å²) in [5, 5.41) is 3.06. The van der Waals surface area contributed by atoms with Crippen LogP contribution in [0.4, 0.5) is 0 Å². The highest BCUT2D eigenvalue weighted by atomic mass is 32.2. The summed E-state index contributed by atoms with van der Waals surface area (Å²) in [5.74, 6) is 0.597. The molecule has 3 aromatic carbocycles. The van der Waals surface area contributed by atoms with E-state index in [1.54, 1.807) is 31.0 Å². The minimum Gasteiger partial charge on any atom is -0.354 e. The molecule has 6 atom stereocenters. The summed E-state index contributed by atoms with van der Waals surface area (Å²) < 4.78 is 24.5. The fraction of sp³-hybridized carbons (Fsp3) is 0.321. The second kappa shape index (κ2) is 11.4. The second-order valence-electron chi connectivity index (χ2n) is 8.58. The predicted molar refractivity (Wildman–Crippen MR) is 135 cm³/mol. The van der Waals surface area contributed by atoms with Crippen molar-refractivity contribution in [3.63, 3.8) is 0 Å². The molecule has 182 valence electrons. The average Bonchev–Trinajstić information content (AvgIpc) is 2.93. The maximum atomic E-state index is 13.1. The number of methoxy groups -OCH3 is 1. The van der Waals surface area contributed by atoms with E-state index in [-0.39, 0.29) is 23.4 Å². The number of benzene rings is 3. The van der Waals surface area contributed by atoms with E-state index in [2.05, 4.69) is 17.4 Å². The Morgan fingerprint density at radius 3 is 2.29 bits per heavy atom. The second-order valence-corrected chi connectivity index (χ2v) is 9.75. The molecule has 2 heterocycles. The first kappa shape index (κ1) is 24.0. The Hall–Kier alpha value is -2.68. The molecule has 2 fully saturated rings. The monoisotopic (exact) mass is 491 g/mol. The quantitative estimate of drug-likeness (QED) is 0.522. The summed E-state index contributed by atoms with van der Waals surface area (Å²) in [6.07, 6.45) is -1.73. The van der Waals surface area contributed by atoms with Gasteiger partial charge in [-0.3, -0.25) is 4.79 Å². The van der Waals surface area contributed by atoms with Gasteiger partial charge >= 0.3 is 0 Å². The molecule has 7 heteroatoms. The largest absolute Gasteiger partial charge is 0.354 e. The zero-order valence-corrected chi connectivity index (χ0v) is 20.3. The molecule has 3 aromatic rings. The number of fused-ring (bicyclic) bond motifs is 1. The lowest BCUT2D eigenvalue weighted by Gasteiger charge is -2.49. The molecule has 35 heavy (non-hydrogen) atoms. The normalized spacial score (nSPS) is 28.1. The van der Waals surface area contributed by atoms with Gasteiger partial charge in [-0.25, -0.2) is 0 Å². The van der Waals surface area contributed by atoms with Crippen molar-refractivity contribution in [1.29, 1.82) is 0 Å². The number of thioether (sulfide) groups is 1. The minimum absolute atomic E-state index is 0.123. The fourth-order valence-corrected chi connectivity index (χ4v) is 5.91. The molecule has 0 saturated carbocycles. The van der Waals surface area contributed by atoms with Gasteiger partial charge in [-0.1, -0.05) is 78.9 Å². The van der Waals surface area contributed by atoms with Gasteiger partial charge in [0.15, 0.2) is 12.6 Å². The smallest absolute Gasteiger partial charge is 0.251 e. The van der Waals surface area contributed by atoms with Gasteiger partial charge in [0.25, 0.3) is 5.91 Å². The van der Waals surface area contributed by atoms with Crippen molar-refractivity contribution in [2.24, 2.45) is 0 Å². The van der Waals surface area contributed by atoms with E-state index in [0.717, 1.165) is 11.3 Å².